The fraction of sp³-hybridized carbons (Fsp3) is 0.571. The molecule has 0 aromatic carbocycles. The molecule has 0 spiro atoms. The van der Waals surface area contributed by atoms with Gasteiger partial charge in [-0.25, -0.2) is 0 Å². The molecule has 2 heteroatoms. The predicted octanol–water partition coefficient (Wildman–Crippen LogP) is 3.15. The molecule has 0 aromatic rings. The van der Waals surface area contributed by atoms with Gasteiger partial charge < -0.3 is 22.3 Å². The molecular weight excluding hydrogens is 224 g/mol. The van der Waals surface area contributed by atoms with Gasteiger partial charge in [-0.3, -0.25) is 0 Å². The summed E-state index contributed by atoms with van der Waals surface area (Å²) in [5.74, 6) is 0. The van der Waals surface area contributed by atoms with Crippen LogP contribution in [-0.4, -0.2) is 0 Å². The molecule has 0 saturated carbocycles. The molecule has 58 valence electrons. The Morgan fingerprint density at radius 2 is 0.889 bits per heavy atom. The minimum atomic E-state index is 0. The largest absolute Gasteiger partial charge is 0.358 e. The van der Waals surface area contributed by atoms with E-state index in [1.165, 1.54) is 12.8 Å². The van der Waals surface area contributed by atoms with Gasteiger partial charge in [0.15, 0.2) is 0 Å². The summed E-state index contributed by atoms with van der Waals surface area (Å²) in [5.41, 5.74) is 0. The monoisotopic (exact) mass is 243 g/mol. The van der Waals surface area contributed by atoms with Crippen LogP contribution >= 0.6 is 0 Å². The average Bonchev–Trinajstić information content (AvgIpc) is 1.37. The number of unbranched alkanes of at least 4 members (excludes halogenated alkanes) is 1. The molecule has 0 unspecified atom stereocenters. The summed E-state index contributed by atoms with van der Waals surface area (Å²) in [4.78, 5) is 0. The molecule has 0 saturated heterocycles. The topological polar surface area (TPSA) is 0 Å². The van der Waals surface area contributed by atoms with Crippen LogP contribution in [-0.2, 0) is 51.3 Å². The third kappa shape index (κ3) is 79.2. The van der Waals surface area contributed by atoms with Crippen molar-refractivity contribution in [3.8, 4) is 0 Å². The number of rotatable bonds is 1. The van der Waals surface area contributed by atoms with E-state index in [2.05, 4.69) is 13.8 Å². The Kier molecular flexibility index (Phi) is 273. The maximum absolute atomic E-state index is 2.18. The SMILES string of the molecule is CCCC.[CH3-].[CH3-].[CH3-].[V].[Y]. The van der Waals surface area contributed by atoms with Crippen LogP contribution in [0.5, 0.6) is 0 Å². The molecule has 9 heavy (non-hydrogen) atoms. The molecule has 0 aliphatic carbocycles. The maximum atomic E-state index is 2.18. The fourth-order valence-electron chi connectivity index (χ4n) is 0. The van der Waals surface area contributed by atoms with Crippen LogP contribution in [0.4, 0.5) is 0 Å². The van der Waals surface area contributed by atoms with Crippen molar-refractivity contribution >= 4 is 0 Å². The van der Waals surface area contributed by atoms with Gasteiger partial charge in [-0.05, 0) is 0 Å². The van der Waals surface area contributed by atoms with Crippen LogP contribution in [0.3, 0.4) is 0 Å². The summed E-state index contributed by atoms with van der Waals surface area (Å²) in [6.45, 7) is 4.36. The second kappa shape index (κ2) is 53.8. The van der Waals surface area contributed by atoms with Gasteiger partial charge in [-0.1, -0.05) is 26.7 Å². The third-order valence-corrected chi connectivity index (χ3v) is 0.500. The second-order valence-corrected chi connectivity index (χ2v) is 1.000. The molecular formula is C7H19VY-3. The van der Waals surface area contributed by atoms with E-state index in [0.29, 0.717) is 0 Å². The minimum Gasteiger partial charge on any atom is -0.358 e. The Labute approximate surface area is 99.3 Å². The summed E-state index contributed by atoms with van der Waals surface area (Å²) < 4.78 is 0. The predicted molar refractivity (Wildman–Crippen MR) is 39.8 cm³/mol. The molecule has 0 aliphatic heterocycles. The van der Waals surface area contributed by atoms with E-state index in [-0.39, 0.29) is 73.5 Å². The van der Waals surface area contributed by atoms with Crippen molar-refractivity contribution in [2.45, 2.75) is 26.7 Å². The van der Waals surface area contributed by atoms with Gasteiger partial charge >= 0.3 is 0 Å². The number of hydrogen-bond donors (Lipinski definition) is 0. The van der Waals surface area contributed by atoms with Gasteiger partial charge in [0.1, 0.15) is 0 Å². The first kappa shape index (κ1) is 45.6. The zero-order chi connectivity index (χ0) is 3.41. The Morgan fingerprint density at radius 3 is 0.889 bits per heavy atom. The second-order valence-electron chi connectivity index (χ2n) is 1.000. The molecule has 0 bridgehead atoms. The van der Waals surface area contributed by atoms with E-state index in [9.17, 15) is 0 Å². The van der Waals surface area contributed by atoms with Crippen molar-refractivity contribution < 1.29 is 51.3 Å². The van der Waals surface area contributed by atoms with Crippen LogP contribution in [0, 0.1) is 22.3 Å². The van der Waals surface area contributed by atoms with E-state index in [0.717, 1.165) is 0 Å². The minimum absolute atomic E-state index is 0. The Balaban J connectivity index is -0.00000000450. The van der Waals surface area contributed by atoms with Crippen molar-refractivity contribution in [1.29, 1.82) is 0 Å². The van der Waals surface area contributed by atoms with Gasteiger partial charge in [-0.2, -0.15) is 0 Å². The third-order valence-electron chi connectivity index (χ3n) is 0.500. The van der Waals surface area contributed by atoms with Crippen LogP contribution in [0.15, 0.2) is 0 Å². The first-order valence-electron chi connectivity index (χ1n) is 1.91. The summed E-state index contributed by atoms with van der Waals surface area (Å²) in [7, 11) is 0. The zero-order valence-electron chi connectivity index (χ0n) is 7.44. The first-order valence-corrected chi connectivity index (χ1v) is 1.91. The van der Waals surface area contributed by atoms with Crippen molar-refractivity contribution in [3.05, 3.63) is 22.3 Å². The Morgan fingerprint density at radius 1 is 0.778 bits per heavy atom. The van der Waals surface area contributed by atoms with Crippen LogP contribution < -0.4 is 0 Å². The molecule has 0 atom stereocenters. The van der Waals surface area contributed by atoms with Crippen molar-refractivity contribution in [2.75, 3.05) is 0 Å². The van der Waals surface area contributed by atoms with Crippen molar-refractivity contribution in [2.24, 2.45) is 0 Å². The van der Waals surface area contributed by atoms with E-state index >= 15 is 0 Å². The molecule has 0 fully saturated rings. The van der Waals surface area contributed by atoms with Gasteiger partial charge in [0.25, 0.3) is 0 Å². The Hall–Kier alpha value is 1.69. The summed E-state index contributed by atoms with van der Waals surface area (Å²) >= 11 is 0. The quantitative estimate of drug-likeness (QED) is 0.620. The van der Waals surface area contributed by atoms with Gasteiger partial charge in [0.05, 0.1) is 0 Å². The molecule has 0 aliphatic rings. The molecule has 0 N–H and O–H groups in total. The van der Waals surface area contributed by atoms with Gasteiger partial charge in [0, 0.05) is 51.3 Å². The fourth-order valence-corrected chi connectivity index (χ4v) is 0. The average molecular weight is 243 g/mol. The van der Waals surface area contributed by atoms with Crippen LogP contribution in [0.1, 0.15) is 26.7 Å². The van der Waals surface area contributed by atoms with E-state index < -0.39 is 0 Å². The molecule has 0 nitrogen and oxygen atoms in total. The van der Waals surface area contributed by atoms with Crippen molar-refractivity contribution in [1.82, 2.24) is 0 Å². The summed E-state index contributed by atoms with van der Waals surface area (Å²) in [6.07, 6.45) is 2.64. The molecule has 0 amide bonds. The normalized spacial score (nSPS) is 3.33. The van der Waals surface area contributed by atoms with Gasteiger partial charge in [-0.15, -0.1) is 0 Å². The Bertz CT molecular complexity index is 10.9. The molecule has 0 heterocycles. The van der Waals surface area contributed by atoms with E-state index in [4.69, 9.17) is 0 Å². The summed E-state index contributed by atoms with van der Waals surface area (Å²) in [5, 5.41) is 0. The number of hydrogen-bond acceptors (Lipinski definition) is 0. The van der Waals surface area contributed by atoms with Crippen molar-refractivity contribution in [3.63, 3.8) is 0 Å². The molecule has 0 aromatic heterocycles. The van der Waals surface area contributed by atoms with Gasteiger partial charge in [0.2, 0.25) is 0 Å². The van der Waals surface area contributed by atoms with Crippen LogP contribution in [0.2, 0.25) is 0 Å². The molecule has 2 radical (unpaired) electrons. The van der Waals surface area contributed by atoms with E-state index in [1.54, 1.807) is 0 Å². The van der Waals surface area contributed by atoms with Crippen LogP contribution in [0.25, 0.3) is 0 Å². The zero-order valence-corrected chi connectivity index (χ0v) is 11.7. The smallest absolute Gasteiger partial charge is 0 e. The maximum Gasteiger partial charge on any atom is 0 e. The summed E-state index contributed by atoms with van der Waals surface area (Å²) in [6, 6.07) is 0. The first-order chi connectivity index (χ1) is 1.91. The molecule has 0 rings (SSSR count). The standard InChI is InChI=1S/C4H10.3CH3.V.Y/c1-3-4-2;;;;;/h3-4H2,1-2H3;3*1H3;;/q;3*-1;;. The van der Waals surface area contributed by atoms with E-state index in [1.807, 2.05) is 0 Å².